The summed E-state index contributed by atoms with van der Waals surface area (Å²) >= 11 is 0. The van der Waals surface area contributed by atoms with Crippen LogP contribution >= 0.6 is 0 Å². The first-order valence-electron chi connectivity index (χ1n) is 4.33. The normalized spacial score (nSPS) is 27.1. The molecular weight excluding hydrogens is 188 g/mol. The quantitative estimate of drug-likeness (QED) is 0.529. The van der Waals surface area contributed by atoms with E-state index in [1.807, 2.05) is 0 Å². The van der Waals surface area contributed by atoms with Crippen molar-refractivity contribution in [2.75, 3.05) is 30.3 Å². The van der Waals surface area contributed by atoms with Gasteiger partial charge in [0.25, 0.3) is 0 Å². The molecular formula is C7H12N4O3. The van der Waals surface area contributed by atoms with Crippen LogP contribution in [0.1, 0.15) is 0 Å². The summed E-state index contributed by atoms with van der Waals surface area (Å²) in [4.78, 5) is 1.70. The summed E-state index contributed by atoms with van der Waals surface area (Å²) in [5.41, 5.74) is 5.27. The molecule has 0 saturated carbocycles. The number of rotatable bonds is 2. The van der Waals surface area contributed by atoms with Crippen LogP contribution in [0.5, 0.6) is 0 Å². The highest BCUT2D eigenvalue weighted by Gasteiger charge is 2.33. The Kier molecular flexibility index (Phi) is 2.26. The monoisotopic (exact) mass is 200 g/mol. The van der Waals surface area contributed by atoms with Crippen LogP contribution in [0.2, 0.25) is 0 Å². The highest BCUT2D eigenvalue weighted by Crippen LogP contribution is 2.22. The third-order valence-electron chi connectivity index (χ3n) is 2.34. The molecule has 2 unspecified atom stereocenters. The van der Waals surface area contributed by atoms with Crippen LogP contribution in [0.3, 0.4) is 0 Å². The summed E-state index contributed by atoms with van der Waals surface area (Å²) in [5, 5.41) is 25.6. The number of nitrogens with zero attached hydrogens (tertiary/aromatic N) is 3. The molecule has 1 aliphatic rings. The molecule has 2 heterocycles. The Hall–Kier alpha value is -1.34. The topological polar surface area (TPSA) is 109 Å². The molecule has 4 N–H and O–H groups in total. The summed E-state index contributed by atoms with van der Waals surface area (Å²) in [6.07, 6.45) is -0.562. The summed E-state index contributed by atoms with van der Waals surface area (Å²) in [7, 11) is 0. The maximum Gasteiger partial charge on any atom is 0.319 e. The van der Waals surface area contributed by atoms with Crippen molar-refractivity contribution in [3.63, 3.8) is 0 Å². The predicted octanol–water partition coefficient (Wildman–Crippen LogP) is -1.56. The second-order valence-corrected chi connectivity index (χ2v) is 3.34. The van der Waals surface area contributed by atoms with Crippen LogP contribution in [0.15, 0.2) is 4.42 Å². The maximum absolute atomic E-state index is 9.50. The number of nitrogen functional groups attached to an aromatic ring is 1. The molecule has 2 atom stereocenters. The molecule has 0 aliphatic carbocycles. The minimum atomic E-state index is -0.562. The molecule has 1 aromatic rings. The van der Waals surface area contributed by atoms with E-state index in [0.717, 1.165) is 0 Å². The van der Waals surface area contributed by atoms with Gasteiger partial charge >= 0.3 is 12.0 Å². The van der Waals surface area contributed by atoms with Crippen LogP contribution in [-0.2, 0) is 0 Å². The molecule has 7 nitrogen and oxygen atoms in total. The first-order chi connectivity index (χ1) is 6.70. The Labute approximate surface area is 80.1 Å². The van der Waals surface area contributed by atoms with Crippen molar-refractivity contribution in [3.05, 3.63) is 0 Å². The fourth-order valence-electron chi connectivity index (χ4n) is 1.54. The van der Waals surface area contributed by atoms with E-state index in [1.165, 1.54) is 0 Å². The smallest absolute Gasteiger partial charge is 0.319 e. The first-order valence-corrected chi connectivity index (χ1v) is 4.33. The maximum atomic E-state index is 9.50. The van der Waals surface area contributed by atoms with Gasteiger partial charge in [0.05, 0.1) is 12.7 Å². The van der Waals surface area contributed by atoms with Gasteiger partial charge in [-0.1, -0.05) is 10.2 Å². The van der Waals surface area contributed by atoms with Gasteiger partial charge in [-0.15, -0.1) is 0 Å². The number of aliphatic hydroxyl groups excluding tert-OH is 2. The Morgan fingerprint density at radius 1 is 1.50 bits per heavy atom. The van der Waals surface area contributed by atoms with E-state index in [0.29, 0.717) is 13.1 Å². The minimum absolute atomic E-state index is 0.00179. The van der Waals surface area contributed by atoms with Gasteiger partial charge in [0, 0.05) is 19.0 Å². The molecule has 1 saturated heterocycles. The molecule has 2 rings (SSSR count). The standard InChI is InChI=1S/C7H12N4O3/c8-6-9-10-7(14-6)11-1-4(3-12)5(13)2-11/h4-5,12-13H,1-3H2,(H2,8,9). The third kappa shape index (κ3) is 1.51. The van der Waals surface area contributed by atoms with Crippen molar-refractivity contribution >= 4 is 12.0 Å². The Morgan fingerprint density at radius 3 is 2.79 bits per heavy atom. The van der Waals surface area contributed by atoms with E-state index < -0.39 is 6.10 Å². The molecule has 0 bridgehead atoms. The lowest BCUT2D eigenvalue weighted by Gasteiger charge is -2.10. The van der Waals surface area contributed by atoms with Gasteiger partial charge < -0.3 is 25.3 Å². The largest absolute Gasteiger partial charge is 0.396 e. The number of nitrogens with two attached hydrogens (primary N) is 1. The van der Waals surface area contributed by atoms with Crippen molar-refractivity contribution in [1.29, 1.82) is 0 Å². The molecule has 14 heavy (non-hydrogen) atoms. The van der Waals surface area contributed by atoms with Crippen molar-refractivity contribution in [3.8, 4) is 0 Å². The Morgan fingerprint density at radius 2 is 2.29 bits per heavy atom. The highest BCUT2D eigenvalue weighted by atomic mass is 16.4. The van der Waals surface area contributed by atoms with Crippen LogP contribution in [0, 0.1) is 5.92 Å². The van der Waals surface area contributed by atoms with Gasteiger partial charge in [-0.3, -0.25) is 0 Å². The number of aromatic nitrogens is 2. The second-order valence-electron chi connectivity index (χ2n) is 3.34. The number of β-amino-alcohol motifs (C(OH)–C–C–N with tert-alkyl or cyclic N) is 1. The number of hydrogen-bond donors (Lipinski definition) is 3. The van der Waals surface area contributed by atoms with E-state index in [2.05, 4.69) is 10.2 Å². The van der Waals surface area contributed by atoms with Crippen molar-refractivity contribution in [1.82, 2.24) is 10.2 Å². The van der Waals surface area contributed by atoms with Gasteiger partial charge in [-0.25, -0.2) is 0 Å². The SMILES string of the molecule is Nc1nnc(N2CC(O)C(CO)C2)o1. The van der Waals surface area contributed by atoms with Crippen LogP contribution in [-0.4, -0.2) is 46.2 Å². The lowest BCUT2D eigenvalue weighted by atomic mass is 10.1. The zero-order chi connectivity index (χ0) is 10.1. The van der Waals surface area contributed by atoms with Crippen molar-refractivity contribution < 1.29 is 14.6 Å². The fraction of sp³-hybridized carbons (Fsp3) is 0.714. The summed E-state index contributed by atoms with van der Waals surface area (Å²) < 4.78 is 5.00. The second kappa shape index (κ2) is 3.43. The lowest BCUT2D eigenvalue weighted by Crippen LogP contribution is -2.21. The summed E-state index contributed by atoms with van der Waals surface area (Å²) in [5.74, 6) is -0.164. The summed E-state index contributed by atoms with van der Waals surface area (Å²) in [6.45, 7) is 0.827. The Bertz CT molecular complexity index is 316. The first kappa shape index (κ1) is 9.22. The van der Waals surface area contributed by atoms with E-state index in [-0.39, 0.29) is 24.6 Å². The molecule has 0 radical (unpaired) electrons. The molecule has 1 aromatic heterocycles. The zero-order valence-corrected chi connectivity index (χ0v) is 7.50. The van der Waals surface area contributed by atoms with E-state index in [9.17, 15) is 5.11 Å². The number of hydrogen-bond acceptors (Lipinski definition) is 7. The van der Waals surface area contributed by atoms with Crippen LogP contribution < -0.4 is 10.6 Å². The molecule has 0 spiro atoms. The lowest BCUT2D eigenvalue weighted by molar-refractivity contribution is 0.104. The van der Waals surface area contributed by atoms with Gasteiger partial charge in [0.1, 0.15) is 0 Å². The number of anilines is 2. The fourth-order valence-corrected chi connectivity index (χ4v) is 1.54. The molecule has 0 amide bonds. The van der Waals surface area contributed by atoms with Gasteiger partial charge in [-0.05, 0) is 0 Å². The molecule has 7 heteroatoms. The average molecular weight is 200 g/mol. The van der Waals surface area contributed by atoms with Crippen molar-refractivity contribution in [2.45, 2.75) is 6.10 Å². The van der Waals surface area contributed by atoms with Crippen molar-refractivity contribution in [2.24, 2.45) is 5.92 Å². The zero-order valence-electron chi connectivity index (χ0n) is 7.50. The van der Waals surface area contributed by atoms with E-state index in [1.54, 1.807) is 4.90 Å². The molecule has 1 fully saturated rings. The highest BCUT2D eigenvalue weighted by molar-refractivity contribution is 5.30. The average Bonchev–Trinajstić information content (AvgIpc) is 2.71. The Balaban J connectivity index is 2.08. The van der Waals surface area contributed by atoms with Gasteiger partial charge in [-0.2, -0.15) is 0 Å². The molecule has 1 aliphatic heterocycles. The van der Waals surface area contributed by atoms with E-state index >= 15 is 0 Å². The van der Waals surface area contributed by atoms with Crippen LogP contribution in [0.4, 0.5) is 12.0 Å². The number of aliphatic hydroxyl groups is 2. The third-order valence-corrected chi connectivity index (χ3v) is 2.34. The van der Waals surface area contributed by atoms with E-state index in [4.69, 9.17) is 15.3 Å². The minimum Gasteiger partial charge on any atom is -0.396 e. The van der Waals surface area contributed by atoms with Crippen LogP contribution in [0.25, 0.3) is 0 Å². The van der Waals surface area contributed by atoms with Gasteiger partial charge in [0.15, 0.2) is 0 Å². The summed E-state index contributed by atoms with van der Waals surface area (Å²) in [6, 6.07) is 0.291. The predicted molar refractivity (Wildman–Crippen MR) is 47.5 cm³/mol. The molecule has 0 aromatic carbocycles. The van der Waals surface area contributed by atoms with Gasteiger partial charge in [0.2, 0.25) is 0 Å². The molecule has 78 valence electrons.